The van der Waals surface area contributed by atoms with Gasteiger partial charge in [-0.1, -0.05) is 145 Å². The quantitative estimate of drug-likeness (QED) is 0.169. The maximum absolute atomic E-state index is 10.9. The van der Waals surface area contributed by atoms with Crippen LogP contribution in [0.1, 0.15) is 16.7 Å². The fourth-order valence-corrected chi connectivity index (χ4v) is 9.11. The van der Waals surface area contributed by atoms with Gasteiger partial charge in [0.2, 0.25) is 0 Å². The molecule has 282 valence electrons. The van der Waals surface area contributed by atoms with Crippen LogP contribution in [0, 0.1) is 25.2 Å². The molecule has 0 N–H and O–H groups in total. The van der Waals surface area contributed by atoms with Crippen molar-refractivity contribution in [2.45, 2.75) is 13.8 Å². The molecule has 0 fully saturated rings. The van der Waals surface area contributed by atoms with E-state index in [0.717, 1.165) is 88.6 Å². The van der Waals surface area contributed by atoms with Crippen molar-refractivity contribution in [1.82, 2.24) is 14.1 Å². The van der Waals surface area contributed by atoms with E-state index in [2.05, 4.69) is 205 Å². The maximum Gasteiger partial charge on any atom is 0.0993 e. The van der Waals surface area contributed by atoms with E-state index >= 15 is 0 Å². The van der Waals surface area contributed by atoms with Crippen LogP contribution in [0.25, 0.3) is 99.8 Å². The Morgan fingerprint density at radius 1 is 0.383 bits per heavy atom. The molecule has 0 aliphatic heterocycles. The number of nitrogens with zero attached hydrogens (tertiary/aromatic N) is 4. The highest BCUT2D eigenvalue weighted by atomic mass is 15.0. The Balaban J connectivity index is 1.25. The second-order valence-electron chi connectivity index (χ2n) is 15.7. The zero-order valence-electron chi connectivity index (χ0n) is 33.3. The highest BCUT2D eigenvalue weighted by Crippen LogP contribution is 2.44. The summed E-state index contributed by atoms with van der Waals surface area (Å²) in [5.41, 5.74) is 17.4. The van der Waals surface area contributed by atoms with Gasteiger partial charge in [0, 0.05) is 32.7 Å². The van der Waals surface area contributed by atoms with Gasteiger partial charge in [0.15, 0.2) is 0 Å². The lowest BCUT2D eigenvalue weighted by Crippen LogP contribution is -2.06. The summed E-state index contributed by atoms with van der Waals surface area (Å²) in [5.74, 6) is 0. The zero-order chi connectivity index (χ0) is 40.3. The lowest BCUT2D eigenvalue weighted by atomic mass is 10.00. The first-order valence-electron chi connectivity index (χ1n) is 20.3. The summed E-state index contributed by atoms with van der Waals surface area (Å²) < 4.78 is 4.68. The van der Waals surface area contributed by atoms with Crippen LogP contribution in [0.4, 0.5) is 0 Å². The molecule has 0 saturated heterocycles. The van der Waals surface area contributed by atoms with Crippen molar-refractivity contribution in [1.29, 1.82) is 5.26 Å². The van der Waals surface area contributed by atoms with Gasteiger partial charge in [-0.05, 0) is 96.8 Å². The van der Waals surface area contributed by atoms with E-state index in [1.165, 1.54) is 22.3 Å². The van der Waals surface area contributed by atoms with Gasteiger partial charge in [0.25, 0.3) is 0 Å². The Morgan fingerprint density at radius 2 is 0.833 bits per heavy atom. The van der Waals surface area contributed by atoms with Gasteiger partial charge >= 0.3 is 0 Å². The minimum atomic E-state index is 0.563. The van der Waals surface area contributed by atoms with Gasteiger partial charge in [-0.15, -0.1) is 0 Å². The molecule has 3 heterocycles. The Kier molecular flexibility index (Phi) is 8.28. The second kappa shape index (κ2) is 14.1. The number of aromatic nitrogens is 3. The predicted octanol–water partition coefficient (Wildman–Crippen LogP) is 14.4. The van der Waals surface area contributed by atoms with Crippen molar-refractivity contribution in [2.75, 3.05) is 0 Å². The van der Waals surface area contributed by atoms with E-state index in [4.69, 9.17) is 4.98 Å². The highest BCUT2D eigenvalue weighted by molar-refractivity contribution is 6.13. The Morgan fingerprint density at radius 3 is 1.37 bits per heavy atom. The number of hydrogen-bond acceptors (Lipinski definition) is 2. The lowest BCUT2D eigenvalue weighted by Gasteiger charge is -2.21. The molecule has 0 radical (unpaired) electrons. The van der Waals surface area contributed by atoms with Crippen LogP contribution in [0.3, 0.4) is 0 Å². The monoisotopic (exact) mass is 766 g/mol. The molecule has 8 aromatic carbocycles. The normalized spacial score (nSPS) is 11.5. The number of aryl methyl sites for hydroxylation is 2. The van der Waals surface area contributed by atoms with Crippen LogP contribution in [0.15, 0.2) is 194 Å². The molecule has 11 aromatic rings. The molecule has 0 unspecified atom stereocenters. The first-order valence-corrected chi connectivity index (χ1v) is 20.3. The van der Waals surface area contributed by atoms with Gasteiger partial charge in [0.05, 0.1) is 56.5 Å². The number of para-hydroxylation sites is 2. The molecule has 0 spiro atoms. The average Bonchev–Trinajstić information content (AvgIpc) is 3.81. The largest absolute Gasteiger partial charge is 0.308 e. The molecule has 0 saturated carbocycles. The van der Waals surface area contributed by atoms with Crippen molar-refractivity contribution >= 4 is 43.6 Å². The van der Waals surface area contributed by atoms with Crippen molar-refractivity contribution < 1.29 is 0 Å². The summed E-state index contributed by atoms with van der Waals surface area (Å²) in [4.78, 5) is 5.44. The highest BCUT2D eigenvalue weighted by Gasteiger charge is 2.24. The number of benzene rings is 8. The molecule has 0 bridgehead atoms. The third-order valence-electron chi connectivity index (χ3n) is 11.8. The van der Waals surface area contributed by atoms with Crippen molar-refractivity contribution in [2.24, 2.45) is 0 Å². The molecule has 0 atom stereocenters. The van der Waals surface area contributed by atoms with Crippen molar-refractivity contribution in [3.63, 3.8) is 0 Å². The van der Waals surface area contributed by atoms with Gasteiger partial charge in [-0.25, -0.2) is 4.98 Å². The Bertz CT molecular complexity index is 3340. The molecule has 3 aromatic heterocycles. The number of hydrogen-bond donors (Lipinski definition) is 0. The van der Waals surface area contributed by atoms with Crippen LogP contribution in [-0.2, 0) is 0 Å². The molecular formula is C56H38N4. The average molecular weight is 767 g/mol. The smallest absolute Gasteiger partial charge is 0.0993 e. The Hall–Kier alpha value is -8.00. The van der Waals surface area contributed by atoms with E-state index in [1.54, 1.807) is 0 Å². The van der Waals surface area contributed by atoms with Gasteiger partial charge in [-0.2, -0.15) is 5.26 Å². The molecule has 11 rings (SSSR count). The van der Waals surface area contributed by atoms with E-state index in [-0.39, 0.29) is 0 Å². The second-order valence-corrected chi connectivity index (χ2v) is 15.7. The summed E-state index contributed by atoms with van der Waals surface area (Å²) >= 11 is 0. The number of pyridine rings is 1. The van der Waals surface area contributed by atoms with Gasteiger partial charge in [-0.3, -0.25) is 0 Å². The van der Waals surface area contributed by atoms with Crippen LogP contribution >= 0.6 is 0 Å². The fraction of sp³-hybridized carbons (Fsp3) is 0.0357. The fourth-order valence-electron chi connectivity index (χ4n) is 9.11. The summed E-state index contributed by atoms with van der Waals surface area (Å²) in [6.45, 7) is 4.27. The van der Waals surface area contributed by atoms with Crippen LogP contribution < -0.4 is 0 Å². The summed E-state index contributed by atoms with van der Waals surface area (Å²) in [6, 6.07) is 71.3. The first-order chi connectivity index (χ1) is 29.5. The zero-order valence-corrected chi connectivity index (χ0v) is 33.3. The molecule has 4 nitrogen and oxygen atoms in total. The summed E-state index contributed by atoms with van der Waals surface area (Å²) in [6.07, 6.45) is 0. The molecule has 4 heteroatoms. The first kappa shape index (κ1) is 35.2. The lowest BCUT2D eigenvalue weighted by molar-refractivity contribution is 1.12. The minimum absolute atomic E-state index is 0.563. The summed E-state index contributed by atoms with van der Waals surface area (Å²) in [5, 5.41) is 15.4. The maximum atomic E-state index is 10.9. The SMILES string of the molecule is Cc1cccc(-c2ccc3c(c2)c2ccccc2n3-c2cc(C#N)cc(-n3c4ccccc4c4cc(-c5cccc(C)c5)ccc43)c2-c2cccc(-c3ccccc3)n2)c1. The van der Waals surface area contributed by atoms with Crippen LogP contribution in [0.2, 0.25) is 0 Å². The molecule has 0 amide bonds. The molecular weight excluding hydrogens is 729 g/mol. The van der Waals surface area contributed by atoms with Crippen molar-refractivity contribution in [3.8, 4) is 62.2 Å². The van der Waals surface area contributed by atoms with Gasteiger partial charge < -0.3 is 9.13 Å². The standard InChI is InChI=1S/C56H38N4/c1-36-13-10-17-40(29-36)42-25-27-52-46(33-42)44-19-6-8-23-50(44)59(52)54-31-38(35-57)32-55(56(54)49-22-12-21-48(58-49)39-15-4-3-5-16-39)60-51-24-9-7-20-45(51)47-34-43(26-28-53(47)60)41-18-11-14-37(2)30-41/h3-34H,1-2H3. The van der Waals surface area contributed by atoms with Gasteiger partial charge in [0.1, 0.15) is 0 Å². The predicted molar refractivity (Wildman–Crippen MR) is 249 cm³/mol. The Labute approximate surface area is 348 Å². The topological polar surface area (TPSA) is 46.5 Å². The number of rotatable bonds is 6. The molecule has 0 aliphatic carbocycles. The third kappa shape index (κ3) is 5.79. The van der Waals surface area contributed by atoms with E-state index < -0.39 is 0 Å². The van der Waals surface area contributed by atoms with Crippen molar-refractivity contribution in [3.05, 3.63) is 211 Å². The minimum Gasteiger partial charge on any atom is -0.308 e. The third-order valence-corrected chi connectivity index (χ3v) is 11.8. The van der Waals surface area contributed by atoms with E-state index in [0.29, 0.717) is 5.56 Å². The van der Waals surface area contributed by atoms with Crippen LogP contribution in [-0.4, -0.2) is 14.1 Å². The number of fused-ring (bicyclic) bond motifs is 6. The molecule has 0 aliphatic rings. The van der Waals surface area contributed by atoms with E-state index in [1.807, 2.05) is 18.2 Å². The number of nitriles is 1. The molecule has 60 heavy (non-hydrogen) atoms. The van der Waals surface area contributed by atoms with E-state index in [9.17, 15) is 5.26 Å². The van der Waals surface area contributed by atoms with Crippen LogP contribution in [0.5, 0.6) is 0 Å². The summed E-state index contributed by atoms with van der Waals surface area (Å²) in [7, 11) is 0.